The first-order valence-electron chi connectivity index (χ1n) is 3.20. The second-order valence-electron chi connectivity index (χ2n) is 2.00. The van der Waals surface area contributed by atoms with E-state index in [0.29, 0.717) is 0 Å². The molecule has 84 valence electrons. The van der Waals surface area contributed by atoms with Gasteiger partial charge in [-0.05, 0) is 6.92 Å². The normalized spacial score (nSPS) is 18.8. The van der Waals surface area contributed by atoms with Crippen LogP contribution in [0, 0.1) is 0 Å². The Bertz CT molecular complexity index is 282. The Kier molecular flexibility index (Phi) is 4.20. The van der Waals surface area contributed by atoms with Gasteiger partial charge in [-0.1, -0.05) is 0 Å². The quantitative estimate of drug-likeness (QED) is 0.554. The van der Waals surface area contributed by atoms with Crippen LogP contribution in [0.4, 0.5) is 26.1 Å². The topological polar surface area (TPSA) is 26.3 Å². The summed E-state index contributed by atoms with van der Waals surface area (Å²) in [4.78, 5) is 0. The molecule has 2 nitrogen and oxygen atoms in total. The summed E-state index contributed by atoms with van der Waals surface area (Å²) in [7, 11) is -5.82. The van der Waals surface area contributed by atoms with Crippen LogP contribution in [0.15, 0.2) is 11.4 Å². The summed E-state index contributed by atoms with van der Waals surface area (Å²) in [5, 5.41) is 0. The molecular formula is C5H5F6O2P. The Morgan fingerprint density at radius 2 is 1.79 bits per heavy atom. The van der Waals surface area contributed by atoms with Crippen LogP contribution in [0.3, 0.4) is 0 Å². The molecule has 0 N–H and O–H groups in total. The summed E-state index contributed by atoms with van der Waals surface area (Å²) in [5.74, 6) is -3.38. The standard InChI is InChI=1S/C5H5F6O2P/c1-2-13-14(11,12)4(7)3(6)5(8,9)10/h2H2,1H3. The van der Waals surface area contributed by atoms with E-state index in [1.54, 1.807) is 0 Å². The van der Waals surface area contributed by atoms with Gasteiger partial charge < -0.3 is 4.52 Å². The van der Waals surface area contributed by atoms with E-state index < -0.39 is 31.9 Å². The van der Waals surface area contributed by atoms with Crippen LogP contribution >= 0.6 is 7.68 Å². The van der Waals surface area contributed by atoms with E-state index in [0.717, 1.165) is 6.92 Å². The Morgan fingerprint density at radius 1 is 1.36 bits per heavy atom. The lowest BCUT2D eigenvalue weighted by Gasteiger charge is -2.08. The molecule has 0 saturated heterocycles. The van der Waals surface area contributed by atoms with Gasteiger partial charge in [0.25, 0.3) is 5.57 Å². The van der Waals surface area contributed by atoms with Gasteiger partial charge in [-0.15, -0.1) is 4.20 Å². The van der Waals surface area contributed by atoms with Crippen molar-refractivity contribution in [2.45, 2.75) is 13.1 Å². The van der Waals surface area contributed by atoms with E-state index in [2.05, 4.69) is 4.52 Å². The van der Waals surface area contributed by atoms with Gasteiger partial charge in [-0.2, -0.15) is 22.0 Å². The van der Waals surface area contributed by atoms with Crippen LogP contribution in [0.5, 0.6) is 0 Å². The lowest BCUT2D eigenvalue weighted by molar-refractivity contribution is -0.110. The zero-order valence-corrected chi connectivity index (χ0v) is 7.63. The van der Waals surface area contributed by atoms with Crippen LogP contribution in [0.1, 0.15) is 6.92 Å². The fraction of sp³-hybridized carbons (Fsp3) is 0.600. The van der Waals surface area contributed by atoms with Crippen molar-refractivity contribution >= 4 is 7.68 Å². The Morgan fingerprint density at radius 3 is 2.07 bits per heavy atom. The van der Waals surface area contributed by atoms with E-state index >= 15 is 0 Å². The fourth-order valence-electron chi connectivity index (χ4n) is 0.457. The molecule has 1 unspecified atom stereocenters. The molecule has 14 heavy (non-hydrogen) atoms. The highest BCUT2D eigenvalue weighted by Gasteiger charge is 2.45. The molecule has 0 aliphatic carbocycles. The summed E-state index contributed by atoms with van der Waals surface area (Å²) in [6.45, 7) is 0.414. The molecule has 0 aromatic rings. The number of hydrogen-bond donors (Lipinski definition) is 0. The molecule has 0 rings (SSSR count). The molecule has 1 atom stereocenters. The van der Waals surface area contributed by atoms with Crippen LogP contribution in [0.2, 0.25) is 0 Å². The second-order valence-corrected chi connectivity index (χ2v) is 3.61. The summed E-state index contributed by atoms with van der Waals surface area (Å²) in [6.07, 6.45) is -5.72. The van der Waals surface area contributed by atoms with Crippen LogP contribution in [0.25, 0.3) is 0 Å². The highest BCUT2D eigenvalue weighted by atomic mass is 31.2. The van der Waals surface area contributed by atoms with Gasteiger partial charge in [0.15, 0.2) is 0 Å². The molecule has 0 amide bonds. The van der Waals surface area contributed by atoms with Crippen molar-refractivity contribution in [1.29, 1.82) is 0 Å². The van der Waals surface area contributed by atoms with Crippen molar-refractivity contribution in [3.63, 3.8) is 0 Å². The smallest absolute Gasteiger partial charge is 0.301 e. The molecule has 0 fully saturated rings. The van der Waals surface area contributed by atoms with Crippen molar-refractivity contribution in [1.82, 2.24) is 0 Å². The van der Waals surface area contributed by atoms with Crippen LogP contribution in [-0.2, 0) is 9.09 Å². The second kappa shape index (κ2) is 4.35. The van der Waals surface area contributed by atoms with Crippen LogP contribution in [-0.4, -0.2) is 12.8 Å². The maximum atomic E-state index is 12.4. The van der Waals surface area contributed by atoms with Crippen molar-refractivity contribution < 1.29 is 35.2 Å². The van der Waals surface area contributed by atoms with Gasteiger partial charge in [0, 0.05) is 0 Å². The van der Waals surface area contributed by atoms with Gasteiger partial charge in [0.05, 0.1) is 6.61 Å². The van der Waals surface area contributed by atoms with E-state index in [-0.39, 0.29) is 0 Å². The molecule has 0 saturated carbocycles. The number of allylic oxidation sites excluding steroid dienone is 1. The fourth-order valence-corrected chi connectivity index (χ4v) is 1.26. The summed E-state index contributed by atoms with van der Waals surface area (Å²) >= 11 is 0. The average molecular weight is 242 g/mol. The summed E-state index contributed by atoms with van der Waals surface area (Å²) in [6, 6.07) is 0. The molecule has 0 aromatic heterocycles. The maximum absolute atomic E-state index is 12.4. The molecule has 0 aliphatic heterocycles. The predicted molar refractivity (Wildman–Crippen MR) is 35.6 cm³/mol. The number of rotatable bonds is 3. The first-order valence-corrected chi connectivity index (χ1v) is 4.71. The Hall–Kier alpha value is -0.490. The minimum absolute atomic E-state index is 0.646. The van der Waals surface area contributed by atoms with Gasteiger partial charge in [-0.3, -0.25) is 0 Å². The summed E-state index contributed by atoms with van der Waals surface area (Å²) < 4.78 is 84.9. The lowest BCUT2D eigenvalue weighted by atomic mass is 10.6. The van der Waals surface area contributed by atoms with Gasteiger partial charge in [-0.25, -0.2) is 4.57 Å². The van der Waals surface area contributed by atoms with Crippen LogP contribution < -0.4 is 0 Å². The first kappa shape index (κ1) is 13.5. The zero-order chi connectivity index (χ0) is 11.6. The van der Waals surface area contributed by atoms with Gasteiger partial charge in [0.1, 0.15) is 0 Å². The largest absolute Gasteiger partial charge is 0.446 e. The van der Waals surface area contributed by atoms with Crippen molar-refractivity contribution in [3.8, 4) is 0 Å². The molecule has 0 bridgehead atoms. The lowest BCUT2D eigenvalue weighted by Crippen LogP contribution is -2.09. The molecular weight excluding hydrogens is 237 g/mol. The van der Waals surface area contributed by atoms with E-state index in [4.69, 9.17) is 0 Å². The number of hydrogen-bond acceptors (Lipinski definition) is 2. The Balaban J connectivity index is 5.10. The monoisotopic (exact) mass is 242 g/mol. The van der Waals surface area contributed by atoms with E-state index in [1.165, 1.54) is 0 Å². The molecule has 0 radical (unpaired) electrons. The minimum atomic E-state index is -5.82. The van der Waals surface area contributed by atoms with E-state index in [9.17, 15) is 30.7 Å². The third-order valence-electron chi connectivity index (χ3n) is 0.960. The number of halogens is 6. The van der Waals surface area contributed by atoms with Gasteiger partial charge >= 0.3 is 13.9 Å². The highest BCUT2D eigenvalue weighted by molar-refractivity contribution is 7.57. The van der Waals surface area contributed by atoms with Gasteiger partial charge in [0.2, 0.25) is 5.83 Å². The zero-order valence-electron chi connectivity index (χ0n) is 6.74. The number of alkyl halides is 3. The molecule has 0 heterocycles. The predicted octanol–water partition coefficient (Wildman–Crippen LogP) is 3.86. The third-order valence-corrected chi connectivity index (χ3v) is 2.22. The van der Waals surface area contributed by atoms with Crippen molar-refractivity contribution in [2.75, 3.05) is 6.61 Å². The average Bonchev–Trinajstić information content (AvgIpc) is 2.00. The van der Waals surface area contributed by atoms with Crippen molar-refractivity contribution in [3.05, 3.63) is 11.4 Å². The summed E-state index contributed by atoms with van der Waals surface area (Å²) in [5.41, 5.74) is -3.05. The molecule has 0 aromatic carbocycles. The first-order chi connectivity index (χ1) is 6.13. The minimum Gasteiger partial charge on any atom is -0.301 e. The SMILES string of the molecule is CCOP(=O)(F)C(F)=C(F)C(F)(F)F. The molecule has 0 spiro atoms. The molecule has 9 heteroatoms. The van der Waals surface area contributed by atoms with E-state index in [1.807, 2.05) is 0 Å². The third kappa shape index (κ3) is 3.34. The Labute approximate surface area is 75.1 Å². The highest BCUT2D eigenvalue weighted by Crippen LogP contribution is 2.59. The molecule has 0 aliphatic rings. The maximum Gasteiger partial charge on any atom is 0.446 e. The van der Waals surface area contributed by atoms with Crippen molar-refractivity contribution in [2.24, 2.45) is 0 Å².